The summed E-state index contributed by atoms with van der Waals surface area (Å²) in [6, 6.07) is 11.4. The molecule has 2 atom stereocenters. The Kier molecular flexibility index (Phi) is 12.4. The van der Waals surface area contributed by atoms with Crippen LogP contribution >= 0.6 is 11.6 Å². The molecule has 0 spiro atoms. The number of carbonyl (C=O) groups is 2. The van der Waals surface area contributed by atoms with Gasteiger partial charge in [-0.15, -0.1) is 0 Å². The number of hydrogen-bond donors (Lipinski definition) is 1. The van der Waals surface area contributed by atoms with Gasteiger partial charge in [0.1, 0.15) is 17.5 Å². The third kappa shape index (κ3) is 9.32. The topological polar surface area (TPSA) is 105 Å². The van der Waals surface area contributed by atoms with Crippen molar-refractivity contribution < 1.29 is 27.5 Å². The minimum absolute atomic E-state index is 0.0240. The summed E-state index contributed by atoms with van der Waals surface area (Å²) in [7, 11) is -0.588. The van der Waals surface area contributed by atoms with Gasteiger partial charge in [-0.1, -0.05) is 37.6 Å². The lowest BCUT2D eigenvalue weighted by Gasteiger charge is -2.32. The Morgan fingerprint density at radius 3 is 2.21 bits per heavy atom. The monoisotopic (exact) mass is 581 g/mol. The summed E-state index contributed by atoms with van der Waals surface area (Å²) in [4.78, 5) is 28.3. The lowest BCUT2D eigenvalue weighted by atomic mass is 10.1. The molecule has 216 valence electrons. The van der Waals surface area contributed by atoms with Crippen LogP contribution in [0.4, 0.5) is 5.69 Å². The third-order valence-electron chi connectivity index (χ3n) is 6.47. The largest absolute Gasteiger partial charge is 0.497 e. The molecule has 0 aromatic heterocycles. The second-order valence-corrected chi connectivity index (χ2v) is 11.7. The molecule has 0 unspecified atom stereocenters. The van der Waals surface area contributed by atoms with Gasteiger partial charge in [0.05, 0.1) is 31.2 Å². The van der Waals surface area contributed by atoms with Crippen molar-refractivity contribution >= 4 is 39.1 Å². The van der Waals surface area contributed by atoms with Crippen LogP contribution in [0.1, 0.15) is 52.0 Å². The van der Waals surface area contributed by atoms with Crippen LogP contribution in [0, 0.1) is 0 Å². The SMILES string of the molecule is CC[C@H](C)NC(=O)[C@H](CC)N(Cc1ccc(OC)cc1)C(=O)CCCN(c1ccc(OC)c(Cl)c1)S(C)(=O)=O. The van der Waals surface area contributed by atoms with Crippen LogP contribution < -0.4 is 19.1 Å². The van der Waals surface area contributed by atoms with E-state index in [4.69, 9.17) is 21.1 Å². The van der Waals surface area contributed by atoms with Gasteiger partial charge in [0, 0.05) is 25.6 Å². The number of nitrogens with zero attached hydrogens (tertiary/aromatic N) is 2. The molecule has 0 aliphatic heterocycles. The fourth-order valence-corrected chi connectivity index (χ4v) is 5.31. The minimum Gasteiger partial charge on any atom is -0.497 e. The molecule has 2 amide bonds. The van der Waals surface area contributed by atoms with Crippen LogP contribution in [0.3, 0.4) is 0 Å². The summed E-state index contributed by atoms with van der Waals surface area (Å²) in [6.07, 6.45) is 2.61. The molecule has 0 aliphatic rings. The first kappa shape index (κ1) is 32.2. The Labute approximate surface area is 237 Å². The zero-order chi connectivity index (χ0) is 29.2. The molecule has 0 heterocycles. The Balaban J connectivity index is 2.25. The van der Waals surface area contributed by atoms with Crippen LogP contribution in [0.2, 0.25) is 5.02 Å². The Hall–Kier alpha value is -2.98. The van der Waals surface area contributed by atoms with Gasteiger partial charge in [-0.3, -0.25) is 13.9 Å². The summed E-state index contributed by atoms with van der Waals surface area (Å²) < 4.78 is 36.7. The Morgan fingerprint density at radius 2 is 1.69 bits per heavy atom. The van der Waals surface area contributed by atoms with E-state index in [0.717, 1.165) is 18.2 Å². The maximum Gasteiger partial charge on any atom is 0.243 e. The summed E-state index contributed by atoms with van der Waals surface area (Å²) in [5, 5.41) is 3.27. The molecule has 0 saturated heterocycles. The van der Waals surface area contributed by atoms with Gasteiger partial charge in [0.15, 0.2) is 0 Å². The van der Waals surface area contributed by atoms with Gasteiger partial charge in [-0.25, -0.2) is 8.42 Å². The second kappa shape index (κ2) is 15.0. The van der Waals surface area contributed by atoms with Crippen molar-refractivity contribution in [3.8, 4) is 11.5 Å². The number of halogens is 1. The number of methoxy groups -OCH3 is 2. The van der Waals surface area contributed by atoms with Crippen LogP contribution in [0.15, 0.2) is 42.5 Å². The standard InChI is InChI=1S/C28H40ClN3O6S/c1-7-20(3)30-28(34)25(8-2)31(19-21-11-14-23(37-4)15-12-21)27(33)10-9-17-32(39(6,35)36)22-13-16-26(38-5)24(29)18-22/h11-16,18,20,25H,7-10,17,19H2,1-6H3,(H,30,34)/t20-,25-/m0/s1. The number of anilines is 1. The van der Waals surface area contributed by atoms with E-state index in [2.05, 4.69) is 5.32 Å². The fourth-order valence-electron chi connectivity index (χ4n) is 4.10. The number of ether oxygens (including phenoxy) is 2. The minimum atomic E-state index is -3.65. The highest BCUT2D eigenvalue weighted by molar-refractivity contribution is 7.92. The first-order valence-corrected chi connectivity index (χ1v) is 15.2. The highest BCUT2D eigenvalue weighted by Crippen LogP contribution is 2.30. The van der Waals surface area contributed by atoms with Crippen LogP contribution in [-0.4, -0.2) is 64.2 Å². The summed E-state index contributed by atoms with van der Waals surface area (Å²) >= 11 is 6.22. The van der Waals surface area contributed by atoms with E-state index in [1.807, 2.05) is 45.0 Å². The van der Waals surface area contributed by atoms with Gasteiger partial charge >= 0.3 is 0 Å². The number of amides is 2. The molecule has 0 fully saturated rings. The van der Waals surface area contributed by atoms with Gasteiger partial charge in [0.25, 0.3) is 0 Å². The molecular weight excluding hydrogens is 542 g/mol. The predicted octanol–water partition coefficient (Wildman–Crippen LogP) is 4.63. The molecule has 0 radical (unpaired) electrons. The zero-order valence-electron chi connectivity index (χ0n) is 23.6. The fraction of sp³-hybridized carbons (Fsp3) is 0.500. The van der Waals surface area contributed by atoms with Crippen molar-refractivity contribution in [1.82, 2.24) is 10.2 Å². The quantitative estimate of drug-likeness (QED) is 0.329. The van der Waals surface area contributed by atoms with Crippen molar-refractivity contribution in [3.63, 3.8) is 0 Å². The molecular formula is C28H40ClN3O6S. The molecule has 39 heavy (non-hydrogen) atoms. The lowest BCUT2D eigenvalue weighted by molar-refractivity contribution is -0.141. The van der Waals surface area contributed by atoms with Crippen molar-refractivity contribution in [2.75, 3.05) is 31.3 Å². The van der Waals surface area contributed by atoms with Crippen molar-refractivity contribution in [2.45, 2.75) is 65.1 Å². The van der Waals surface area contributed by atoms with E-state index in [1.165, 1.54) is 17.5 Å². The zero-order valence-corrected chi connectivity index (χ0v) is 25.1. The normalized spacial score (nSPS) is 12.8. The molecule has 11 heteroatoms. The van der Waals surface area contributed by atoms with Gasteiger partial charge < -0.3 is 19.7 Å². The predicted molar refractivity (Wildman–Crippen MR) is 155 cm³/mol. The average molecular weight is 582 g/mol. The van der Waals surface area contributed by atoms with Crippen LogP contribution in [0.5, 0.6) is 11.5 Å². The maximum atomic E-state index is 13.6. The molecule has 2 aromatic carbocycles. The highest BCUT2D eigenvalue weighted by atomic mass is 35.5. The first-order valence-electron chi connectivity index (χ1n) is 13.0. The number of hydrogen-bond acceptors (Lipinski definition) is 6. The average Bonchev–Trinajstić information content (AvgIpc) is 2.90. The van der Waals surface area contributed by atoms with Gasteiger partial charge in [-0.05, 0) is 62.1 Å². The van der Waals surface area contributed by atoms with E-state index < -0.39 is 16.1 Å². The van der Waals surface area contributed by atoms with E-state index in [-0.39, 0.29) is 48.8 Å². The van der Waals surface area contributed by atoms with E-state index in [9.17, 15) is 18.0 Å². The van der Waals surface area contributed by atoms with Crippen LogP contribution in [0.25, 0.3) is 0 Å². The summed E-state index contributed by atoms with van der Waals surface area (Å²) in [5.74, 6) is 0.676. The van der Waals surface area contributed by atoms with Crippen LogP contribution in [-0.2, 0) is 26.2 Å². The number of benzene rings is 2. The molecule has 2 rings (SSSR count). The maximum absolute atomic E-state index is 13.6. The van der Waals surface area contributed by atoms with Crippen molar-refractivity contribution in [3.05, 3.63) is 53.1 Å². The second-order valence-electron chi connectivity index (χ2n) is 9.37. The number of rotatable bonds is 15. The highest BCUT2D eigenvalue weighted by Gasteiger charge is 2.29. The number of nitrogens with one attached hydrogen (secondary N) is 1. The molecule has 0 aliphatic carbocycles. The Morgan fingerprint density at radius 1 is 1.03 bits per heavy atom. The van der Waals surface area contributed by atoms with E-state index in [1.54, 1.807) is 24.1 Å². The molecule has 2 aromatic rings. The van der Waals surface area contributed by atoms with Gasteiger partial charge in [-0.2, -0.15) is 0 Å². The smallest absolute Gasteiger partial charge is 0.243 e. The lowest BCUT2D eigenvalue weighted by Crippen LogP contribution is -2.50. The molecule has 9 nitrogen and oxygen atoms in total. The molecule has 0 saturated carbocycles. The van der Waals surface area contributed by atoms with Crippen molar-refractivity contribution in [1.29, 1.82) is 0 Å². The van der Waals surface area contributed by atoms with E-state index >= 15 is 0 Å². The van der Waals surface area contributed by atoms with Crippen molar-refractivity contribution in [2.24, 2.45) is 0 Å². The molecule has 1 N–H and O–H groups in total. The number of carbonyl (C=O) groups excluding carboxylic acids is 2. The summed E-state index contributed by atoms with van der Waals surface area (Å²) in [6.45, 7) is 6.08. The first-order chi connectivity index (χ1) is 18.4. The summed E-state index contributed by atoms with van der Waals surface area (Å²) in [5.41, 5.74) is 1.23. The molecule has 0 bridgehead atoms. The van der Waals surface area contributed by atoms with Gasteiger partial charge in [0.2, 0.25) is 21.8 Å². The third-order valence-corrected chi connectivity index (χ3v) is 7.96. The Bertz CT molecular complexity index is 1210. The number of sulfonamides is 1. The van der Waals surface area contributed by atoms with E-state index in [0.29, 0.717) is 23.6 Å².